The Morgan fingerprint density at radius 1 is 1.31 bits per heavy atom. The number of rotatable bonds is 4. The molecule has 0 spiro atoms. The van der Waals surface area contributed by atoms with Crippen molar-refractivity contribution in [2.75, 3.05) is 0 Å². The monoisotopic (exact) mass is 364 g/mol. The predicted molar refractivity (Wildman–Crippen MR) is 104 cm³/mol. The lowest BCUT2D eigenvalue weighted by Crippen LogP contribution is -1.90. The molecule has 4 aromatic heterocycles. The second kappa shape index (κ2) is 5.86. The van der Waals surface area contributed by atoms with E-state index >= 15 is 0 Å². The zero-order chi connectivity index (χ0) is 17.8. The Morgan fingerprint density at radius 2 is 2.15 bits per heavy atom. The molecule has 0 amide bonds. The van der Waals surface area contributed by atoms with Crippen LogP contribution in [-0.4, -0.2) is 24.9 Å². The van der Waals surface area contributed by atoms with E-state index in [4.69, 9.17) is 4.98 Å². The SMILES string of the molecule is CC[C@H](O)c1cc2c(C3CC3)cc(-c3cnc4nn(C)cc4c3)nc2s1. The first kappa shape index (κ1) is 15.9. The van der Waals surface area contributed by atoms with Gasteiger partial charge in [-0.25, -0.2) is 9.97 Å². The van der Waals surface area contributed by atoms with E-state index in [0.29, 0.717) is 5.92 Å². The highest BCUT2D eigenvalue weighted by molar-refractivity contribution is 7.18. The molecule has 1 N–H and O–H groups in total. The fraction of sp³-hybridized carbons (Fsp3) is 0.350. The molecule has 1 saturated carbocycles. The van der Waals surface area contributed by atoms with Gasteiger partial charge in [-0.05, 0) is 48.9 Å². The van der Waals surface area contributed by atoms with Crippen molar-refractivity contribution in [3.8, 4) is 11.3 Å². The zero-order valence-electron chi connectivity index (χ0n) is 14.8. The number of fused-ring (bicyclic) bond motifs is 2. The third-order valence-corrected chi connectivity index (χ3v) is 6.19. The van der Waals surface area contributed by atoms with Gasteiger partial charge in [0, 0.05) is 40.7 Å². The van der Waals surface area contributed by atoms with Crippen LogP contribution in [0.4, 0.5) is 0 Å². The number of thiophene rings is 1. The predicted octanol–water partition coefficient (Wildman–Crippen LogP) is 4.57. The van der Waals surface area contributed by atoms with Gasteiger partial charge in [0.15, 0.2) is 5.65 Å². The van der Waals surface area contributed by atoms with Crippen molar-refractivity contribution < 1.29 is 5.11 Å². The van der Waals surface area contributed by atoms with Gasteiger partial charge >= 0.3 is 0 Å². The van der Waals surface area contributed by atoms with Crippen LogP contribution in [0.5, 0.6) is 0 Å². The maximum Gasteiger partial charge on any atom is 0.181 e. The Hall–Kier alpha value is -2.31. The fourth-order valence-electron chi connectivity index (χ4n) is 3.47. The maximum absolute atomic E-state index is 10.2. The summed E-state index contributed by atoms with van der Waals surface area (Å²) in [7, 11) is 1.91. The molecular weight excluding hydrogens is 344 g/mol. The molecule has 1 atom stereocenters. The van der Waals surface area contributed by atoms with E-state index in [-0.39, 0.29) is 0 Å². The highest BCUT2D eigenvalue weighted by Crippen LogP contribution is 2.46. The number of pyridine rings is 2. The molecule has 0 radical (unpaired) electrons. The molecular formula is C20H20N4OS. The number of hydrogen-bond donors (Lipinski definition) is 1. The second-order valence-electron chi connectivity index (χ2n) is 7.10. The minimum atomic E-state index is -0.405. The van der Waals surface area contributed by atoms with Crippen molar-refractivity contribution in [1.29, 1.82) is 0 Å². The second-order valence-corrected chi connectivity index (χ2v) is 8.16. The lowest BCUT2D eigenvalue weighted by atomic mass is 10.0. The third-order valence-electron chi connectivity index (χ3n) is 5.06. The summed E-state index contributed by atoms with van der Waals surface area (Å²) in [6.07, 6.45) is 6.63. The average molecular weight is 364 g/mol. The fourth-order valence-corrected chi connectivity index (χ4v) is 4.61. The van der Waals surface area contributed by atoms with Gasteiger partial charge in [0.1, 0.15) is 4.83 Å². The third kappa shape index (κ3) is 2.61. The molecule has 1 aliphatic rings. The van der Waals surface area contributed by atoms with Crippen LogP contribution in [-0.2, 0) is 7.05 Å². The van der Waals surface area contributed by atoms with Crippen molar-refractivity contribution in [3.05, 3.63) is 41.0 Å². The van der Waals surface area contributed by atoms with Gasteiger partial charge in [0.05, 0.1) is 11.8 Å². The first-order valence-corrected chi connectivity index (χ1v) is 9.86. The van der Waals surface area contributed by atoms with Gasteiger partial charge in [-0.3, -0.25) is 4.68 Å². The van der Waals surface area contributed by atoms with E-state index in [1.807, 2.05) is 26.4 Å². The zero-order valence-corrected chi connectivity index (χ0v) is 15.6. The van der Waals surface area contributed by atoms with Crippen molar-refractivity contribution in [1.82, 2.24) is 19.7 Å². The van der Waals surface area contributed by atoms with E-state index in [9.17, 15) is 5.11 Å². The standard InChI is InChI=1S/C20H20N4OS/c1-3-17(25)18-8-15-14(11-4-5-11)7-16(22-20(15)26-18)12-6-13-10-24(2)23-19(13)21-9-12/h6-11,17,25H,3-5H2,1-2H3/t17-/m0/s1. The van der Waals surface area contributed by atoms with Gasteiger partial charge in [0.2, 0.25) is 0 Å². The number of aryl methyl sites for hydroxylation is 1. The summed E-state index contributed by atoms with van der Waals surface area (Å²) in [6.45, 7) is 2.00. The van der Waals surface area contributed by atoms with Crippen LogP contribution in [0, 0.1) is 0 Å². The number of nitrogens with zero attached hydrogens (tertiary/aromatic N) is 4. The van der Waals surface area contributed by atoms with Crippen LogP contribution in [0.3, 0.4) is 0 Å². The molecule has 1 fully saturated rings. The van der Waals surface area contributed by atoms with Crippen LogP contribution in [0.25, 0.3) is 32.5 Å². The highest BCUT2D eigenvalue weighted by Gasteiger charge is 2.27. The van der Waals surface area contributed by atoms with Gasteiger partial charge in [-0.1, -0.05) is 6.92 Å². The molecule has 1 aliphatic carbocycles. The summed E-state index contributed by atoms with van der Waals surface area (Å²) in [5.74, 6) is 0.621. The number of aliphatic hydroxyl groups excluding tert-OH is 1. The lowest BCUT2D eigenvalue weighted by Gasteiger charge is -2.06. The Morgan fingerprint density at radius 3 is 2.92 bits per heavy atom. The van der Waals surface area contributed by atoms with Crippen LogP contribution in [0.15, 0.2) is 30.6 Å². The summed E-state index contributed by atoms with van der Waals surface area (Å²) in [4.78, 5) is 11.4. The van der Waals surface area contributed by atoms with Crippen molar-refractivity contribution >= 4 is 32.6 Å². The van der Waals surface area contributed by atoms with Gasteiger partial charge in [-0.15, -0.1) is 11.3 Å². The molecule has 6 heteroatoms. The summed E-state index contributed by atoms with van der Waals surface area (Å²) in [5, 5.41) is 16.8. The molecule has 132 valence electrons. The Balaban J connectivity index is 1.68. The molecule has 0 saturated heterocycles. The van der Waals surface area contributed by atoms with Gasteiger partial charge in [-0.2, -0.15) is 5.10 Å². The van der Waals surface area contributed by atoms with E-state index in [1.54, 1.807) is 16.0 Å². The minimum absolute atomic E-state index is 0.405. The summed E-state index contributed by atoms with van der Waals surface area (Å²) in [5.41, 5.74) is 4.09. The van der Waals surface area contributed by atoms with E-state index < -0.39 is 6.10 Å². The number of hydrogen-bond acceptors (Lipinski definition) is 5. The van der Waals surface area contributed by atoms with Gasteiger partial charge in [0.25, 0.3) is 0 Å². The minimum Gasteiger partial charge on any atom is -0.388 e. The molecule has 0 aliphatic heterocycles. The van der Waals surface area contributed by atoms with E-state index in [1.165, 1.54) is 23.8 Å². The van der Waals surface area contributed by atoms with Crippen molar-refractivity contribution in [2.24, 2.45) is 7.05 Å². The van der Waals surface area contributed by atoms with Crippen molar-refractivity contribution in [3.63, 3.8) is 0 Å². The van der Waals surface area contributed by atoms with Crippen molar-refractivity contribution in [2.45, 2.75) is 38.2 Å². The van der Waals surface area contributed by atoms with E-state index in [2.05, 4.69) is 28.3 Å². The quantitative estimate of drug-likeness (QED) is 0.576. The lowest BCUT2D eigenvalue weighted by molar-refractivity contribution is 0.177. The topological polar surface area (TPSA) is 63.8 Å². The molecule has 0 aromatic carbocycles. The molecule has 0 bridgehead atoms. The number of aromatic nitrogens is 4. The summed E-state index contributed by atoms with van der Waals surface area (Å²) in [6, 6.07) is 6.46. The number of aliphatic hydroxyl groups is 1. The molecule has 26 heavy (non-hydrogen) atoms. The molecule has 5 rings (SSSR count). The molecule has 4 aromatic rings. The largest absolute Gasteiger partial charge is 0.388 e. The first-order valence-electron chi connectivity index (χ1n) is 9.04. The summed E-state index contributed by atoms with van der Waals surface area (Å²) < 4.78 is 1.78. The maximum atomic E-state index is 10.2. The van der Waals surface area contributed by atoms with Gasteiger partial charge < -0.3 is 5.11 Å². The average Bonchev–Trinajstić information content (AvgIpc) is 3.28. The first-order chi connectivity index (χ1) is 12.6. The summed E-state index contributed by atoms with van der Waals surface area (Å²) >= 11 is 1.61. The Bertz CT molecular complexity index is 1130. The normalized spacial score (nSPS) is 15.8. The molecule has 4 heterocycles. The molecule has 5 nitrogen and oxygen atoms in total. The Labute approximate surface area is 155 Å². The van der Waals surface area contributed by atoms with Crippen LogP contribution in [0.2, 0.25) is 0 Å². The smallest absolute Gasteiger partial charge is 0.181 e. The van der Waals surface area contributed by atoms with Crippen LogP contribution in [0.1, 0.15) is 48.6 Å². The molecule has 0 unspecified atom stereocenters. The highest BCUT2D eigenvalue weighted by atomic mass is 32.1. The van der Waals surface area contributed by atoms with Crippen LogP contribution >= 0.6 is 11.3 Å². The van der Waals surface area contributed by atoms with Crippen LogP contribution < -0.4 is 0 Å². The van der Waals surface area contributed by atoms with E-state index in [0.717, 1.165) is 38.4 Å². The Kier molecular flexibility index (Phi) is 3.58.